The molecule has 7 heteroatoms. The van der Waals surface area contributed by atoms with Gasteiger partial charge in [0.1, 0.15) is 5.75 Å². The van der Waals surface area contributed by atoms with Crippen molar-refractivity contribution in [1.29, 1.82) is 0 Å². The van der Waals surface area contributed by atoms with Crippen LogP contribution in [0.25, 0.3) is 0 Å². The predicted octanol–water partition coefficient (Wildman–Crippen LogP) is 1.91. The molecule has 0 radical (unpaired) electrons. The number of amides is 2. The lowest BCUT2D eigenvalue weighted by Crippen LogP contribution is -2.56. The molecular formula is C23H24N2O5. The zero-order valence-corrected chi connectivity index (χ0v) is 16.7. The quantitative estimate of drug-likeness (QED) is 0.781. The Morgan fingerprint density at radius 1 is 1.13 bits per heavy atom. The third-order valence-corrected chi connectivity index (χ3v) is 5.91. The van der Waals surface area contributed by atoms with Crippen molar-refractivity contribution in [1.82, 2.24) is 9.80 Å². The summed E-state index contributed by atoms with van der Waals surface area (Å²) in [4.78, 5) is 41.7. The van der Waals surface area contributed by atoms with Crippen LogP contribution in [0.2, 0.25) is 0 Å². The summed E-state index contributed by atoms with van der Waals surface area (Å²) in [6.07, 6.45) is 0.560. The van der Waals surface area contributed by atoms with Gasteiger partial charge >= 0.3 is 5.97 Å². The van der Waals surface area contributed by atoms with Crippen LogP contribution >= 0.6 is 0 Å². The van der Waals surface area contributed by atoms with Crippen molar-refractivity contribution >= 4 is 17.8 Å². The number of methoxy groups -OCH3 is 1. The Labute approximate surface area is 174 Å². The highest BCUT2D eigenvalue weighted by atomic mass is 16.5. The average molecular weight is 408 g/mol. The van der Waals surface area contributed by atoms with E-state index in [4.69, 9.17) is 4.74 Å². The van der Waals surface area contributed by atoms with Crippen LogP contribution in [0.15, 0.2) is 54.6 Å². The van der Waals surface area contributed by atoms with Gasteiger partial charge in [-0.3, -0.25) is 14.4 Å². The molecule has 7 nitrogen and oxygen atoms in total. The Morgan fingerprint density at radius 3 is 2.60 bits per heavy atom. The number of fused-ring (bicyclic) bond motifs is 1. The molecule has 3 atom stereocenters. The first kappa shape index (κ1) is 19.9. The highest BCUT2D eigenvalue weighted by Gasteiger charge is 2.51. The summed E-state index contributed by atoms with van der Waals surface area (Å²) < 4.78 is 5.01. The van der Waals surface area contributed by atoms with Crippen molar-refractivity contribution in [2.75, 3.05) is 20.2 Å². The van der Waals surface area contributed by atoms with Gasteiger partial charge in [-0.2, -0.15) is 0 Å². The second-order valence-corrected chi connectivity index (χ2v) is 7.80. The van der Waals surface area contributed by atoms with E-state index in [1.54, 1.807) is 34.1 Å². The third kappa shape index (κ3) is 3.75. The van der Waals surface area contributed by atoms with Crippen LogP contribution in [0.1, 0.15) is 23.6 Å². The molecule has 2 aromatic carbocycles. The van der Waals surface area contributed by atoms with Crippen molar-refractivity contribution in [3.63, 3.8) is 0 Å². The number of benzene rings is 2. The first-order chi connectivity index (χ1) is 14.5. The number of phenolic OH excluding ortho intramolecular Hbond substituents is 1. The van der Waals surface area contributed by atoms with E-state index >= 15 is 0 Å². The van der Waals surface area contributed by atoms with Crippen molar-refractivity contribution in [2.24, 2.45) is 5.92 Å². The molecule has 0 unspecified atom stereocenters. The minimum Gasteiger partial charge on any atom is -0.508 e. The minimum atomic E-state index is -0.465. The SMILES string of the molecule is COC(=O)[C@H]1C[C@H]2CN(C(=O)Cc3cccc(O)c3)CC(=O)N2[C@H]1c1ccccc1. The molecule has 0 bridgehead atoms. The van der Waals surface area contributed by atoms with E-state index in [0.29, 0.717) is 18.5 Å². The molecule has 156 valence electrons. The summed E-state index contributed by atoms with van der Waals surface area (Å²) in [7, 11) is 1.36. The molecule has 0 saturated carbocycles. The third-order valence-electron chi connectivity index (χ3n) is 5.91. The Hall–Kier alpha value is -3.35. The molecule has 2 aliphatic rings. The monoisotopic (exact) mass is 408 g/mol. The van der Waals surface area contributed by atoms with Gasteiger partial charge in [0.15, 0.2) is 0 Å². The largest absolute Gasteiger partial charge is 0.508 e. The number of phenols is 1. The van der Waals surface area contributed by atoms with Crippen LogP contribution < -0.4 is 0 Å². The lowest BCUT2D eigenvalue weighted by molar-refractivity contribution is -0.150. The summed E-state index contributed by atoms with van der Waals surface area (Å²) in [6, 6.07) is 15.4. The number of hydrogen-bond acceptors (Lipinski definition) is 5. The summed E-state index contributed by atoms with van der Waals surface area (Å²) in [5, 5.41) is 9.61. The van der Waals surface area contributed by atoms with E-state index in [1.165, 1.54) is 7.11 Å². The van der Waals surface area contributed by atoms with E-state index in [0.717, 1.165) is 5.56 Å². The van der Waals surface area contributed by atoms with Crippen molar-refractivity contribution in [3.05, 3.63) is 65.7 Å². The maximum absolute atomic E-state index is 13.1. The van der Waals surface area contributed by atoms with Crippen LogP contribution in [-0.4, -0.2) is 58.9 Å². The van der Waals surface area contributed by atoms with Gasteiger partial charge in [0, 0.05) is 6.54 Å². The molecule has 1 N–H and O–H groups in total. The van der Waals surface area contributed by atoms with Gasteiger partial charge in [-0.1, -0.05) is 42.5 Å². The Bertz CT molecular complexity index is 961. The first-order valence-electron chi connectivity index (χ1n) is 9.97. The van der Waals surface area contributed by atoms with Gasteiger partial charge in [-0.15, -0.1) is 0 Å². The fraction of sp³-hybridized carbons (Fsp3) is 0.348. The number of carbonyl (C=O) groups excluding carboxylic acids is 3. The van der Waals surface area contributed by atoms with Gasteiger partial charge in [-0.05, 0) is 29.7 Å². The highest BCUT2D eigenvalue weighted by Crippen LogP contribution is 2.43. The molecule has 2 fully saturated rings. The lowest BCUT2D eigenvalue weighted by atomic mass is 9.93. The molecular weight excluding hydrogens is 384 g/mol. The number of esters is 1. The van der Waals surface area contributed by atoms with Crippen molar-refractivity contribution in [3.8, 4) is 5.75 Å². The maximum Gasteiger partial charge on any atom is 0.311 e. The number of piperazine rings is 1. The Kier molecular flexibility index (Phi) is 5.44. The molecule has 2 heterocycles. The smallest absolute Gasteiger partial charge is 0.311 e. The Morgan fingerprint density at radius 2 is 1.90 bits per heavy atom. The molecule has 4 rings (SSSR count). The zero-order valence-electron chi connectivity index (χ0n) is 16.7. The molecule has 2 amide bonds. The van der Waals surface area contributed by atoms with Gasteiger partial charge < -0.3 is 19.6 Å². The summed E-state index contributed by atoms with van der Waals surface area (Å²) in [5.74, 6) is -1.05. The van der Waals surface area contributed by atoms with E-state index in [9.17, 15) is 19.5 Å². The van der Waals surface area contributed by atoms with Crippen molar-refractivity contribution < 1.29 is 24.2 Å². The van der Waals surface area contributed by atoms with Crippen LogP contribution in [-0.2, 0) is 25.5 Å². The number of rotatable bonds is 4. The lowest BCUT2D eigenvalue weighted by Gasteiger charge is -2.40. The van der Waals surface area contributed by atoms with Crippen LogP contribution in [0.5, 0.6) is 5.75 Å². The van der Waals surface area contributed by atoms with Gasteiger partial charge in [0.25, 0.3) is 0 Å². The second kappa shape index (κ2) is 8.18. The summed E-state index contributed by atoms with van der Waals surface area (Å²) >= 11 is 0. The molecule has 2 aromatic rings. The number of carbonyl (C=O) groups is 3. The fourth-order valence-electron chi connectivity index (χ4n) is 4.60. The first-order valence-corrected chi connectivity index (χ1v) is 9.97. The van der Waals surface area contributed by atoms with Gasteiger partial charge in [-0.25, -0.2) is 0 Å². The number of aromatic hydroxyl groups is 1. The van der Waals surface area contributed by atoms with E-state index in [2.05, 4.69) is 0 Å². The Balaban J connectivity index is 1.55. The topological polar surface area (TPSA) is 87.1 Å². The van der Waals surface area contributed by atoms with Crippen LogP contribution in [0.3, 0.4) is 0 Å². The molecule has 2 aliphatic heterocycles. The summed E-state index contributed by atoms with van der Waals surface area (Å²) in [5.41, 5.74) is 1.58. The van der Waals surface area contributed by atoms with Gasteiger partial charge in [0.2, 0.25) is 11.8 Å². The van der Waals surface area contributed by atoms with Crippen LogP contribution in [0.4, 0.5) is 0 Å². The molecule has 30 heavy (non-hydrogen) atoms. The molecule has 2 saturated heterocycles. The van der Waals surface area contributed by atoms with E-state index in [-0.39, 0.29) is 48.6 Å². The number of nitrogens with zero attached hydrogens (tertiary/aromatic N) is 2. The number of hydrogen-bond donors (Lipinski definition) is 1. The predicted molar refractivity (Wildman–Crippen MR) is 108 cm³/mol. The van der Waals surface area contributed by atoms with Gasteiger partial charge in [0.05, 0.1) is 38.1 Å². The van der Waals surface area contributed by atoms with E-state index in [1.807, 2.05) is 30.3 Å². The fourth-order valence-corrected chi connectivity index (χ4v) is 4.60. The highest BCUT2D eigenvalue weighted by molar-refractivity contribution is 5.89. The zero-order chi connectivity index (χ0) is 21.3. The second-order valence-electron chi connectivity index (χ2n) is 7.80. The standard InChI is InChI=1S/C23H24N2O5/c1-30-23(29)19-12-17-13-24(20(27)11-15-6-5-9-18(26)10-15)14-21(28)25(17)22(19)16-7-3-2-4-8-16/h2-10,17,19,22,26H,11-14H2,1H3/t17-,19-,22-/m0/s1. The molecule has 0 aromatic heterocycles. The minimum absolute atomic E-state index is 0.0224. The van der Waals surface area contributed by atoms with E-state index < -0.39 is 5.92 Å². The normalized spacial score (nSPS) is 23.2. The van der Waals surface area contributed by atoms with Crippen LogP contribution in [0, 0.1) is 5.92 Å². The average Bonchev–Trinajstić information content (AvgIpc) is 3.14. The summed E-state index contributed by atoms with van der Waals surface area (Å²) in [6.45, 7) is 0.353. The maximum atomic E-state index is 13.1. The number of ether oxygens (including phenoxy) is 1. The molecule has 0 aliphatic carbocycles. The molecule has 0 spiro atoms. The van der Waals surface area contributed by atoms with Crippen molar-refractivity contribution in [2.45, 2.75) is 24.9 Å².